The van der Waals surface area contributed by atoms with Crippen LogP contribution in [-0.4, -0.2) is 43.5 Å². The number of thiophene rings is 1. The largest absolute Gasteiger partial charge is 0.493 e. The van der Waals surface area contributed by atoms with Crippen LogP contribution in [0, 0.1) is 0 Å². The summed E-state index contributed by atoms with van der Waals surface area (Å²) in [5, 5.41) is 7.55. The summed E-state index contributed by atoms with van der Waals surface area (Å²) in [7, 11) is 3.09. The molecule has 1 aliphatic heterocycles. The predicted molar refractivity (Wildman–Crippen MR) is 111 cm³/mol. The number of nitrogens with zero attached hydrogens (tertiary/aromatic N) is 1. The van der Waals surface area contributed by atoms with Crippen LogP contribution in [0.3, 0.4) is 0 Å². The number of benzene rings is 1. The Kier molecular flexibility index (Phi) is 5.38. The number of urea groups is 1. The Hall–Kier alpha value is -3.07. The molecular formula is C21H23N3O5S. The lowest BCUT2D eigenvalue weighted by atomic mass is 9.80. The van der Waals surface area contributed by atoms with Crippen molar-refractivity contribution in [1.82, 2.24) is 15.5 Å². The molecule has 158 valence electrons. The molecular weight excluding hydrogens is 406 g/mol. The Morgan fingerprint density at radius 1 is 1.23 bits per heavy atom. The van der Waals surface area contributed by atoms with Gasteiger partial charge >= 0.3 is 6.03 Å². The van der Waals surface area contributed by atoms with Crippen LogP contribution in [0.2, 0.25) is 0 Å². The molecule has 1 fully saturated rings. The van der Waals surface area contributed by atoms with Crippen LogP contribution >= 0.6 is 11.3 Å². The molecule has 1 saturated heterocycles. The molecule has 30 heavy (non-hydrogen) atoms. The molecule has 4 amide bonds. The van der Waals surface area contributed by atoms with Crippen molar-refractivity contribution in [3.8, 4) is 11.5 Å². The standard InChI is InChI=1S/C21H23N3O5S/c1-28-15-6-5-13(10-16(15)29-2)11-22-18(25)12-24-19(26)21(23-20(24)27)8-3-4-17-14(21)7-9-30-17/h5-7,9-10H,3-4,8,11-12H2,1-2H3,(H,22,25)(H,23,27)/t21-/m0/s1. The zero-order valence-electron chi connectivity index (χ0n) is 16.8. The number of methoxy groups -OCH3 is 2. The number of carbonyl (C=O) groups is 3. The Morgan fingerprint density at radius 2 is 2.03 bits per heavy atom. The third-order valence-electron chi connectivity index (χ3n) is 5.58. The number of hydrogen-bond acceptors (Lipinski definition) is 6. The first kappa shape index (κ1) is 20.2. The second kappa shape index (κ2) is 7.98. The van der Waals surface area contributed by atoms with E-state index in [2.05, 4.69) is 10.6 Å². The number of rotatable bonds is 6. The van der Waals surface area contributed by atoms with Crippen LogP contribution in [0.1, 0.15) is 28.8 Å². The first-order chi connectivity index (χ1) is 14.5. The molecule has 1 aromatic carbocycles. The molecule has 0 radical (unpaired) electrons. The highest BCUT2D eigenvalue weighted by Gasteiger charge is 2.54. The monoisotopic (exact) mass is 429 g/mol. The van der Waals surface area contributed by atoms with Gasteiger partial charge in [0.05, 0.1) is 14.2 Å². The molecule has 4 rings (SSSR count). The van der Waals surface area contributed by atoms with E-state index < -0.39 is 17.5 Å². The van der Waals surface area contributed by atoms with E-state index in [1.54, 1.807) is 30.6 Å². The van der Waals surface area contributed by atoms with Gasteiger partial charge in [0.25, 0.3) is 5.91 Å². The molecule has 2 aliphatic rings. The Labute approximate surface area is 178 Å². The highest BCUT2D eigenvalue weighted by Crippen LogP contribution is 2.42. The quantitative estimate of drug-likeness (QED) is 0.686. The third-order valence-corrected chi connectivity index (χ3v) is 6.56. The van der Waals surface area contributed by atoms with Gasteiger partial charge in [-0.15, -0.1) is 11.3 Å². The highest BCUT2D eigenvalue weighted by atomic mass is 32.1. The lowest BCUT2D eigenvalue weighted by molar-refractivity contribution is -0.135. The second-order valence-electron chi connectivity index (χ2n) is 7.30. The summed E-state index contributed by atoms with van der Waals surface area (Å²) in [6.07, 6.45) is 2.27. The van der Waals surface area contributed by atoms with Crippen molar-refractivity contribution in [3.05, 3.63) is 45.6 Å². The topological polar surface area (TPSA) is 97.0 Å². The smallest absolute Gasteiger partial charge is 0.325 e. The summed E-state index contributed by atoms with van der Waals surface area (Å²) in [4.78, 5) is 40.3. The second-order valence-corrected chi connectivity index (χ2v) is 8.30. The maximum atomic E-state index is 13.2. The van der Waals surface area contributed by atoms with Crippen molar-refractivity contribution in [2.75, 3.05) is 20.8 Å². The summed E-state index contributed by atoms with van der Waals surface area (Å²) < 4.78 is 10.5. The van der Waals surface area contributed by atoms with E-state index in [0.29, 0.717) is 17.9 Å². The predicted octanol–water partition coefficient (Wildman–Crippen LogP) is 2.17. The van der Waals surface area contributed by atoms with Crippen molar-refractivity contribution in [2.24, 2.45) is 0 Å². The molecule has 1 spiro atoms. The average molecular weight is 429 g/mol. The fraction of sp³-hybridized carbons (Fsp3) is 0.381. The van der Waals surface area contributed by atoms with Crippen molar-refractivity contribution < 1.29 is 23.9 Å². The van der Waals surface area contributed by atoms with Gasteiger partial charge in [0, 0.05) is 17.0 Å². The van der Waals surface area contributed by atoms with E-state index >= 15 is 0 Å². The molecule has 2 heterocycles. The molecule has 0 unspecified atom stereocenters. The Bertz CT molecular complexity index is 1000. The van der Waals surface area contributed by atoms with Gasteiger partial charge in [-0.05, 0) is 48.4 Å². The van der Waals surface area contributed by atoms with Gasteiger partial charge in [0.1, 0.15) is 12.1 Å². The van der Waals surface area contributed by atoms with Gasteiger partial charge in [-0.3, -0.25) is 14.5 Å². The fourth-order valence-corrected chi connectivity index (χ4v) is 5.08. The highest BCUT2D eigenvalue weighted by molar-refractivity contribution is 7.10. The molecule has 9 heteroatoms. The number of hydrogen-bond donors (Lipinski definition) is 2. The fourth-order valence-electron chi connectivity index (χ4n) is 4.08. The summed E-state index contributed by atoms with van der Waals surface area (Å²) in [5.41, 5.74) is 0.643. The van der Waals surface area contributed by atoms with Crippen LogP contribution in [-0.2, 0) is 28.1 Å². The van der Waals surface area contributed by atoms with Crippen LogP contribution < -0.4 is 20.1 Å². The van der Waals surface area contributed by atoms with Crippen molar-refractivity contribution in [1.29, 1.82) is 0 Å². The van der Waals surface area contributed by atoms with E-state index in [1.165, 1.54) is 7.11 Å². The van der Waals surface area contributed by atoms with E-state index in [4.69, 9.17) is 9.47 Å². The van der Waals surface area contributed by atoms with Gasteiger partial charge in [0.2, 0.25) is 5.91 Å². The summed E-state index contributed by atoms with van der Waals surface area (Å²) in [5.74, 6) is 0.390. The van der Waals surface area contributed by atoms with Crippen LogP contribution in [0.25, 0.3) is 0 Å². The number of aryl methyl sites for hydroxylation is 1. The van der Waals surface area contributed by atoms with Gasteiger partial charge in [-0.2, -0.15) is 0 Å². The SMILES string of the molecule is COc1ccc(CNC(=O)CN2C(=O)N[C@]3(CCCc4sccc43)C2=O)cc1OC. The first-order valence-corrected chi connectivity index (χ1v) is 10.5. The maximum Gasteiger partial charge on any atom is 0.325 e. The summed E-state index contributed by atoms with van der Waals surface area (Å²) in [6, 6.07) is 6.70. The van der Waals surface area contributed by atoms with Gasteiger partial charge < -0.3 is 20.1 Å². The summed E-state index contributed by atoms with van der Waals surface area (Å²) in [6.45, 7) is -0.0815. The molecule has 1 atom stereocenters. The normalized spacial score (nSPS) is 20.1. The Balaban J connectivity index is 1.42. The van der Waals surface area contributed by atoms with Crippen molar-refractivity contribution >= 4 is 29.2 Å². The maximum absolute atomic E-state index is 13.2. The van der Waals surface area contributed by atoms with Crippen molar-refractivity contribution in [2.45, 2.75) is 31.3 Å². The molecule has 8 nitrogen and oxygen atoms in total. The molecule has 0 saturated carbocycles. The van der Waals surface area contributed by atoms with E-state index in [0.717, 1.165) is 33.7 Å². The number of ether oxygens (including phenoxy) is 2. The minimum atomic E-state index is -1.03. The van der Waals surface area contributed by atoms with Crippen molar-refractivity contribution in [3.63, 3.8) is 0 Å². The molecule has 1 aromatic heterocycles. The van der Waals surface area contributed by atoms with Gasteiger partial charge in [0.15, 0.2) is 11.5 Å². The minimum absolute atomic E-state index is 0.239. The zero-order chi connectivity index (χ0) is 21.3. The lowest BCUT2D eigenvalue weighted by Gasteiger charge is -2.31. The minimum Gasteiger partial charge on any atom is -0.493 e. The first-order valence-electron chi connectivity index (χ1n) is 9.67. The molecule has 0 bridgehead atoms. The third kappa shape index (κ3) is 3.39. The number of amides is 4. The van der Waals surface area contributed by atoms with E-state index in [-0.39, 0.29) is 19.0 Å². The molecule has 2 N–H and O–H groups in total. The van der Waals surface area contributed by atoms with Gasteiger partial charge in [-0.1, -0.05) is 6.07 Å². The van der Waals surface area contributed by atoms with Crippen LogP contribution in [0.5, 0.6) is 11.5 Å². The van der Waals surface area contributed by atoms with Crippen LogP contribution in [0.4, 0.5) is 4.79 Å². The average Bonchev–Trinajstić information content (AvgIpc) is 3.32. The molecule has 2 aromatic rings. The van der Waals surface area contributed by atoms with E-state index in [1.807, 2.05) is 17.5 Å². The summed E-state index contributed by atoms with van der Waals surface area (Å²) >= 11 is 1.60. The van der Waals surface area contributed by atoms with Gasteiger partial charge in [-0.25, -0.2) is 4.79 Å². The van der Waals surface area contributed by atoms with Crippen LogP contribution in [0.15, 0.2) is 29.6 Å². The number of imide groups is 1. The molecule has 1 aliphatic carbocycles. The zero-order valence-corrected chi connectivity index (χ0v) is 17.6. The van der Waals surface area contributed by atoms with E-state index in [9.17, 15) is 14.4 Å². The lowest BCUT2D eigenvalue weighted by Crippen LogP contribution is -2.46. The Morgan fingerprint density at radius 3 is 2.80 bits per heavy atom. The number of fused-ring (bicyclic) bond motifs is 2. The number of carbonyl (C=O) groups excluding carboxylic acids is 3. The number of nitrogens with one attached hydrogen (secondary N) is 2.